The lowest BCUT2D eigenvalue weighted by atomic mass is 9.87. The smallest absolute Gasteiger partial charge is 0.410 e. The molecule has 2 rings (SSSR count). The molecule has 2 aliphatic rings. The van der Waals surface area contributed by atoms with Crippen molar-refractivity contribution in [1.82, 2.24) is 4.90 Å². The Bertz CT molecular complexity index is 333. The van der Waals surface area contributed by atoms with Crippen LogP contribution in [0.25, 0.3) is 0 Å². The number of hydrogen-bond donors (Lipinski definition) is 1. The molecule has 2 unspecified atom stereocenters. The number of amides is 1. The van der Waals surface area contributed by atoms with Crippen LogP contribution in [0, 0.1) is 11.8 Å². The molecular formula is C15H27NO4. The predicted octanol–water partition coefficient (Wildman–Crippen LogP) is 2.03. The van der Waals surface area contributed by atoms with E-state index in [4.69, 9.17) is 9.47 Å². The predicted molar refractivity (Wildman–Crippen MR) is 75.5 cm³/mol. The van der Waals surface area contributed by atoms with Gasteiger partial charge in [0.05, 0.1) is 12.6 Å². The van der Waals surface area contributed by atoms with Crippen molar-refractivity contribution in [1.29, 1.82) is 0 Å². The quantitative estimate of drug-likeness (QED) is 0.843. The van der Waals surface area contributed by atoms with Crippen molar-refractivity contribution < 1.29 is 19.4 Å². The van der Waals surface area contributed by atoms with Crippen molar-refractivity contribution in [2.45, 2.75) is 51.7 Å². The lowest BCUT2D eigenvalue weighted by Gasteiger charge is -2.26. The van der Waals surface area contributed by atoms with Crippen LogP contribution in [0.5, 0.6) is 0 Å². The van der Waals surface area contributed by atoms with E-state index in [-0.39, 0.29) is 12.0 Å². The van der Waals surface area contributed by atoms with Gasteiger partial charge >= 0.3 is 6.09 Å². The third-order valence-corrected chi connectivity index (χ3v) is 4.04. The van der Waals surface area contributed by atoms with Gasteiger partial charge in [-0.05, 0) is 46.0 Å². The number of aliphatic hydroxyl groups excluding tert-OH is 1. The van der Waals surface area contributed by atoms with E-state index in [0.29, 0.717) is 19.0 Å². The van der Waals surface area contributed by atoms with Gasteiger partial charge in [0.15, 0.2) is 0 Å². The number of likely N-dealkylation sites (tertiary alicyclic amines) is 1. The average Bonchev–Trinajstić information content (AvgIpc) is 2.70. The summed E-state index contributed by atoms with van der Waals surface area (Å²) in [4.78, 5) is 13.7. The van der Waals surface area contributed by atoms with Crippen LogP contribution in [0.1, 0.15) is 40.0 Å². The SMILES string of the molecule is CC(C)(C)OC(=O)N1CC(O)C(CC2CCOCC2)C1. The van der Waals surface area contributed by atoms with Crippen molar-refractivity contribution in [3.8, 4) is 0 Å². The molecule has 0 aromatic carbocycles. The molecule has 5 nitrogen and oxygen atoms in total. The fraction of sp³-hybridized carbons (Fsp3) is 0.933. The minimum absolute atomic E-state index is 0.172. The van der Waals surface area contributed by atoms with Gasteiger partial charge in [0.1, 0.15) is 5.60 Å². The molecule has 5 heteroatoms. The Morgan fingerprint density at radius 1 is 1.30 bits per heavy atom. The molecule has 0 aromatic rings. The number of nitrogens with zero attached hydrogens (tertiary/aromatic N) is 1. The minimum atomic E-state index is -0.485. The molecule has 2 heterocycles. The first-order valence-electron chi connectivity index (χ1n) is 7.59. The topological polar surface area (TPSA) is 59.0 Å². The summed E-state index contributed by atoms with van der Waals surface area (Å²) in [5.74, 6) is 0.785. The fourth-order valence-electron chi connectivity index (χ4n) is 2.97. The first-order chi connectivity index (χ1) is 9.35. The molecule has 0 bridgehead atoms. The van der Waals surface area contributed by atoms with Gasteiger partial charge in [0.2, 0.25) is 0 Å². The zero-order valence-electron chi connectivity index (χ0n) is 12.8. The van der Waals surface area contributed by atoms with Crippen LogP contribution < -0.4 is 0 Å². The Balaban J connectivity index is 1.83. The summed E-state index contributed by atoms with van der Waals surface area (Å²) in [7, 11) is 0. The molecule has 2 saturated heterocycles. The number of hydrogen-bond acceptors (Lipinski definition) is 4. The first-order valence-corrected chi connectivity index (χ1v) is 7.59. The third-order valence-electron chi connectivity index (χ3n) is 4.04. The van der Waals surface area contributed by atoms with Gasteiger partial charge in [-0.15, -0.1) is 0 Å². The second kappa shape index (κ2) is 6.31. The number of aliphatic hydroxyl groups is 1. The highest BCUT2D eigenvalue weighted by molar-refractivity contribution is 5.68. The highest BCUT2D eigenvalue weighted by atomic mass is 16.6. The Morgan fingerprint density at radius 3 is 2.55 bits per heavy atom. The van der Waals surface area contributed by atoms with Crippen molar-refractivity contribution in [2.24, 2.45) is 11.8 Å². The van der Waals surface area contributed by atoms with Crippen LogP contribution in [-0.2, 0) is 9.47 Å². The lowest BCUT2D eigenvalue weighted by molar-refractivity contribution is 0.0269. The summed E-state index contributed by atoms with van der Waals surface area (Å²) in [6, 6.07) is 0. The summed E-state index contributed by atoms with van der Waals surface area (Å²) in [6.07, 6.45) is 2.37. The van der Waals surface area contributed by atoms with E-state index in [1.165, 1.54) is 0 Å². The number of carbonyl (C=O) groups excluding carboxylic acids is 1. The minimum Gasteiger partial charge on any atom is -0.444 e. The number of ether oxygens (including phenoxy) is 2. The second-order valence-electron chi connectivity index (χ2n) is 7.00. The van der Waals surface area contributed by atoms with Crippen LogP contribution in [0.15, 0.2) is 0 Å². The standard InChI is InChI=1S/C15H27NO4/c1-15(2,3)20-14(18)16-9-12(13(17)10-16)8-11-4-6-19-7-5-11/h11-13,17H,4-10H2,1-3H3. The summed E-state index contributed by atoms with van der Waals surface area (Å²) in [6.45, 7) is 8.22. The van der Waals surface area contributed by atoms with Crippen LogP contribution in [-0.4, -0.2) is 54.1 Å². The fourth-order valence-corrected chi connectivity index (χ4v) is 2.97. The van der Waals surface area contributed by atoms with Gasteiger partial charge in [-0.25, -0.2) is 4.79 Å². The molecule has 0 radical (unpaired) electrons. The molecule has 2 atom stereocenters. The zero-order valence-corrected chi connectivity index (χ0v) is 12.8. The molecule has 2 fully saturated rings. The Hall–Kier alpha value is -0.810. The number of carbonyl (C=O) groups is 1. The highest BCUT2D eigenvalue weighted by Gasteiger charge is 2.37. The Kier molecular flexibility index (Phi) is 4.91. The van der Waals surface area contributed by atoms with Crippen LogP contribution in [0.3, 0.4) is 0 Å². The van der Waals surface area contributed by atoms with Gasteiger partial charge < -0.3 is 19.5 Å². The molecule has 0 aliphatic carbocycles. The van der Waals surface area contributed by atoms with Crippen LogP contribution in [0.4, 0.5) is 4.79 Å². The van der Waals surface area contributed by atoms with Crippen molar-refractivity contribution in [3.63, 3.8) is 0 Å². The molecule has 0 saturated carbocycles. The molecule has 1 amide bonds. The molecule has 1 N–H and O–H groups in total. The summed E-state index contributed by atoms with van der Waals surface area (Å²) in [5.41, 5.74) is -0.485. The van der Waals surface area contributed by atoms with Crippen LogP contribution in [0.2, 0.25) is 0 Å². The van der Waals surface area contributed by atoms with E-state index in [9.17, 15) is 9.90 Å². The van der Waals surface area contributed by atoms with E-state index >= 15 is 0 Å². The molecule has 2 aliphatic heterocycles. The van der Waals surface area contributed by atoms with Gasteiger partial charge in [0.25, 0.3) is 0 Å². The van der Waals surface area contributed by atoms with E-state index in [1.807, 2.05) is 20.8 Å². The largest absolute Gasteiger partial charge is 0.444 e. The van der Waals surface area contributed by atoms with Crippen molar-refractivity contribution >= 4 is 6.09 Å². The molecule has 0 aromatic heterocycles. The highest BCUT2D eigenvalue weighted by Crippen LogP contribution is 2.29. The van der Waals surface area contributed by atoms with E-state index in [2.05, 4.69) is 0 Å². The number of β-amino-alcohol motifs (C(OH)–C–C–N with tert-alkyl or cyclic N) is 1. The van der Waals surface area contributed by atoms with Crippen LogP contribution >= 0.6 is 0 Å². The van der Waals surface area contributed by atoms with E-state index in [1.54, 1.807) is 4.90 Å². The summed E-state index contributed by atoms with van der Waals surface area (Å²) >= 11 is 0. The molecular weight excluding hydrogens is 258 g/mol. The Labute approximate surface area is 121 Å². The summed E-state index contributed by atoms with van der Waals surface area (Å²) < 4.78 is 10.7. The molecule has 0 spiro atoms. The zero-order chi connectivity index (χ0) is 14.8. The molecule has 20 heavy (non-hydrogen) atoms. The maximum Gasteiger partial charge on any atom is 0.410 e. The van der Waals surface area contributed by atoms with Crippen molar-refractivity contribution in [2.75, 3.05) is 26.3 Å². The maximum absolute atomic E-state index is 12.0. The lowest BCUT2D eigenvalue weighted by Crippen LogP contribution is -2.35. The monoisotopic (exact) mass is 285 g/mol. The number of rotatable bonds is 2. The maximum atomic E-state index is 12.0. The third kappa shape index (κ3) is 4.35. The van der Waals surface area contributed by atoms with Gasteiger partial charge in [-0.1, -0.05) is 0 Å². The molecule has 116 valence electrons. The van der Waals surface area contributed by atoms with Gasteiger partial charge in [-0.3, -0.25) is 0 Å². The van der Waals surface area contributed by atoms with E-state index < -0.39 is 11.7 Å². The van der Waals surface area contributed by atoms with Gasteiger partial charge in [-0.2, -0.15) is 0 Å². The van der Waals surface area contributed by atoms with Crippen molar-refractivity contribution in [3.05, 3.63) is 0 Å². The van der Waals surface area contributed by atoms with Gasteiger partial charge in [0, 0.05) is 25.7 Å². The summed E-state index contributed by atoms with van der Waals surface area (Å²) in [5, 5.41) is 10.2. The Morgan fingerprint density at radius 2 is 1.95 bits per heavy atom. The first kappa shape index (κ1) is 15.6. The average molecular weight is 285 g/mol. The van der Waals surface area contributed by atoms with E-state index in [0.717, 1.165) is 32.5 Å². The second-order valence-corrected chi connectivity index (χ2v) is 7.00. The normalized spacial score (nSPS) is 28.7.